The van der Waals surface area contributed by atoms with Crippen LogP contribution in [0.15, 0.2) is 71.8 Å². The van der Waals surface area contributed by atoms with E-state index in [1.165, 1.54) is 0 Å². The monoisotopic (exact) mass is 625 g/mol. The van der Waals surface area contributed by atoms with Gasteiger partial charge >= 0.3 is 5.97 Å². The van der Waals surface area contributed by atoms with Crippen LogP contribution in [-0.4, -0.2) is 80.0 Å². The largest absolute Gasteiger partial charge is 0.482 e. The van der Waals surface area contributed by atoms with Crippen LogP contribution in [0.5, 0.6) is 5.75 Å². The van der Waals surface area contributed by atoms with Crippen LogP contribution in [0, 0.1) is 0 Å². The molecule has 2 aliphatic heterocycles. The minimum Gasteiger partial charge on any atom is -0.482 e. The van der Waals surface area contributed by atoms with E-state index in [2.05, 4.69) is 0 Å². The third-order valence-corrected chi connectivity index (χ3v) is 13.0. The van der Waals surface area contributed by atoms with Crippen LogP contribution in [0.2, 0.25) is 18.1 Å². The fourth-order valence-corrected chi connectivity index (χ4v) is 5.90. The number of aliphatic hydroxyl groups excluding tert-OH is 1. The molecular formula is C33H43NO9Si. The van der Waals surface area contributed by atoms with Gasteiger partial charge in [0.25, 0.3) is 11.8 Å². The number of carbonyl (C=O) groups excluding carboxylic acids is 3. The first-order valence-corrected chi connectivity index (χ1v) is 17.7. The van der Waals surface area contributed by atoms with Gasteiger partial charge < -0.3 is 28.5 Å². The molecule has 1 saturated heterocycles. The lowest BCUT2D eigenvalue weighted by Crippen LogP contribution is -2.68. The number of para-hydroxylation sites is 1. The van der Waals surface area contributed by atoms with E-state index in [0.717, 1.165) is 10.5 Å². The van der Waals surface area contributed by atoms with Gasteiger partial charge in [-0.1, -0.05) is 69.3 Å². The molecule has 2 aromatic carbocycles. The zero-order valence-electron chi connectivity index (χ0n) is 26.4. The Morgan fingerprint density at radius 3 is 2.09 bits per heavy atom. The van der Waals surface area contributed by atoms with Crippen molar-refractivity contribution in [2.45, 2.75) is 90.0 Å². The first kappa shape index (κ1) is 33.5. The SMILES string of the molecule is CC1=C(C)C(=O)N([C@H]2[C@H](O[Si](C)(C)C(C)(C)C)O[C@H](COCc3ccccc3)[C@@H](O)[C@@H]2OC(=O)COc2ccccc2)C1=O. The van der Waals surface area contributed by atoms with Gasteiger partial charge in [-0.25, -0.2) is 4.79 Å². The summed E-state index contributed by atoms with van der Waals surface area (Å²) in [5, 5.41) is 11.4. The third kappa shape index (κ3) is 7.47. The lowest BCUT2D eigenvalue weighted by atomic mass is 9.95. The van der Waals surface area contributed by atoms with Gasteiger partial charge in [0.2, 0.25) is 0 Å². The number of hydrogen-bond donors (Lipinski definition) is 1. The van der Waals surface area contributed by atoms with E-state index in [0.29, 0.717) is 5.75 Å². The fourth-order valence-electron chi connectivity index (χ4n) is 4.77. The second-order valence-corrected chi connectivity index (χ2v) is 17.4. The zero-order valence-corrected chi connectivity index (χ0v) is 27.4. The van der Waals surface area contributed by atoms with Gasteiger partial charge in [-0.05, 0) is 49.7 Å². The smallest absolute Gasteiger partial charge is 0.344 e. The van der Waals surface area contributed by atoms with Crippen LogP contribution in [0.25, 0.3) is 0 Å². The van der Waals surface area contributed by atoms with Crippen LogP contribution >= 0.6 is 0 Å². The molecule has 2 amide bonds. The molecule has 0 spiro atoms. The van der Waals surface area contributed by atoms with Crippen molar-refractivity contribution >= 4 is 26.1 Å². The molecule has 0 unspecified atom stereocenters. The summed E-state index contributed by atoms with van der Waals surface area (Å²) in [4.78, 5) is 41.1. The molecule has 0 saturated carbocycles. The van der Waals surface area contributed by atoms with Gasteiger partial charge in [0.05, 0.1) is 13.2 Å². The number of benzene rings is 2. The van der Waals surface area contributed by atoms with Gasteiger partial charge in [-0.15, -0.1) is 0 Å². The van der Waals surface area contributed by atoms with Crippen molar-refractivity contribution in [2.24, 2.45) is 0 Å². The summed E-state index contributed by atoms with van der Waals surface area (Å²) in [6.07, 6.45) is -5.05. The molecule has 2 aromatic rings. The molecule has 0 aliphatic carbocycles. The van der Waals surface area contributed by atoms with E-state index in [-0.39, 0.29) is 29.4 Å². The molecule has 0 aromatic heterocycles. The standard InChI is InChI=1S/C33H43NO9Si/c1-21-22(2)31(38)34(30(21)37)27-29(42-26(35)20-40-24-16-12-9-13-17-24)28(36)25(19-39-18-23-14-10-8-11-15-23)41-32(27)43-44(6,7)33(3,4)5/h8-17,25,27-29,32,36H,18-20H2,1-7H3/t25-,27-,28-,29-,32+/m1/s1. The average molecular weight is 626 g/mol. The van der Waals surface area contributed by atoms with Crippen molar-refractivity contribution in [3.8, 4) is 5.75 Å². The Balaban J connectivity index is 1.66. The highest BCUT2D eigenvalue weighted by Gasteiger charge is 2.57. The maximum atomic E-state index is 13.5. The Hall–Kier alpha value is -3.35. The summed E-state index contributed by atoms with van der Waals surface area (Å²) < 4.78 is 30.4. The van der Waals surface area contributed by atoms with E-state index in [1.807, 2.05) is 70.3 Å². The molecule has 10 nitrogen and oxygen atoms in total. The summed E-state index contributed by atoms with van der Waals surface area (Å²) in [5.41, 5.74) is 1.46. The number of amides is 2. The normalized spacial score (nSPS) is 24.5. The summed E-state index contributed by atoms with van der Waals surface area (Å²) >= 11 is 0. The van der Waals surface area contributed by atoms with Crippen molar-refractivity contribution in [3.05, 3.63) is 77.4 Å². The van der Waals surface area contributed by atoms with E-state index in [4.69, 9.17) is 23.4 Å². The lowest BCUT2D eigenvalue weighted by molar-refractivity contribution is -0.269. The van der Waals surface area contributed by atoms with Gasteiger partial charge in [-0.3, -0.25) is 14.5 Å². The van der Waals surface area contributed by atoms with Crippen molar-refractivity contribution < 1.29 is 42.9 Å². The predicted molar refractivity (Wildman–Crippen MR) is 165 cm³/mol. The summed E-state index contributed by atoms with van der Waals surface area (Å²) in [7, 11) is -2.60. The Bertz CT molecular complexity index is 1330. The highest BCUT2D eigenvalue weighted by molar-refractivity contribution is 6.74. The maximum Gasteiger partial charge on any atom is 0.344 e. The minimum atomic E-state index is -2.60. The molecule has 1 N–H and O–H groups in total. The maximum absolute atomic E-state index is 13.5. The minimum absolute atomic E-state index is 0.0626. The molecule has 2 aliphatic rings. The summed E-state index contributed by atoms with van der Waals surface area (Å²) in [6.45, 7) is 13.0. The Morgan fingerprint density at radius 2 is 1.52 bits per heavy atom. The number of nitrogens with zero attached hydrogens (tertiary/aromatic N) is 1. The molecule has 0 bridgehead atoms. The van der Waals surface area contributed by atoms with Crippen molar-refractivity contribution in [2.75, 3.05) is 13.2 Å². The van der Waals surface area contributed by atoms with E-state index in [9.17, 15) is 19.5 Å². The Labute approximate surface area is 260 Å². The number of esters is 1. The molecular weight excluding hydrogens is 582 g/mol. The first-order chi connectivity index (χ1) is 20.7. The number of rotatable bonds is 11. The first-order valence-electron chi connectivity index (χ1n) is 14.8. The zero-order chi connectivity index (χ0) is 32.2. The summed E-state index contributed by atoms with van der Waals surface area (Å²) in [5.74, 6) is -1.45. The van der Waals surface area contributed by atoms with Crippen molar-refractivity contribution in [1.29, 1.82) is 0 Å². The van der Waals surface area contributed by atoms with E-state index in [1.54, 1.807) is 38.1 Å². The number of carbonyl (C=O) groups is 3. The van der Waals surface area contributed by atoms with Gasteiger partial charge in [0, 0.05) is 11.1 Å². The molecule has 2 heterocycles. The number of imide groups is 1. The molecule has 44 heavy (non-hydrogen) atoms. The molecule has 4 rings (SSSR count). The highest BCUT2D eigenvalue weighted by atomic mass is 28.4. The van der Waals surface area contributed by atoms with Crippen molar-refractivity contribution in [3.63, 3.8) is 0 Å². The van der Waals surface area contributed by atoms with Gasteiger partial charge in [0.15, 0.2) is 27.3 Å². The van der Waals surface area contributed by atoms with E-state index >= 15 is 0 Å². The number of hydrogen-bond acceptors (Lipinski definition) is 9. The van der Waals surface area contributed by atoms with Crippen molar-refractivity contribution in [1.82, 2.24) is 4.90 Å². The fraction of sp³-hybridized carbons (Fsp3) is 0.485. The van der Waals surface area contributed by atoms with Crippen LogP contribution in [-0.2, 0) is 39.6 Å². The van der Waals surface area contributed by atoms with Crippen LogP contribution in [0.1, 0.15) is 40.2 Å². The quantitative estimate of drug-likeness (QED) is 0.220. The predicted octanol–water partition coefficient (Wildman–Crippen LogP) is 4.38. The average Bonchev–Trinajstić information content (AvgIpc) is 3.16. The second-order valence-electron chi connectivity index (χ2n) is 12.7. The van der Waals surface area contributed by atoms with Crippen LogP contribution in [0.3, 0.4) is 0 Å². The molecule has 5 atom stereocenters. The Kier molecular flexibility index (Phi) is 10.5. The molecule has 11 heteroatoms. The van der Waals surface area contributed by atoms with Gasteiger partial charge in [0.1, 0.15) is 24.0 Å². The topological polar surface area (TPSA) is 121 Å². The lowest BCUT2D eigenvalue weighted by Gasteiger charge is -2.49. The van der Waals surface area contributed by atoms with Gasteiger partial charge in [-0.2, -0.15) is 0 Å². The van der Waals surface area contributed by atoms with Crippen LogP contribution in [0.4, 0.5) is 0 Å². The summed E-state index contributed by atoms with van der Waals surface area (Å²) in [6, 6.07) is 17.0. The highest BCUT2D eigenvalue weighted by Crippen LogP contribution is 2.41. The number of ether oxygens (including phenoxy) is 4. The molecule has 238 valence electrons. The van der Waals surface area contributed by atoms with Crippen LogP contribution < -0.4 is 4.74 Å². The van der Waals surface area contributed by atoms with E-state index < -0.39 is 63.4 Å². The molecule has 0 radical (unpaired) electrons. The molecule has 1 fully saturated rings. The third-order valence-electron chi connectivity index (χ3n) is 8.56. The number of aliphatic hydroxyl groups is 1. The Morgan fingerprint density at radius 1 is 0.955 bits per heavy atom. The second kappa shape index (κ2) is 13.7.